The second-order valence-electron chi connectivity index (χ2n) is 1.99. The molecule has 0 amide bonds. The molecule has 1 aliphatic rings. The van der Waals surface area contributed by atoms with Crippen LogP contribution >= 0.6 is 11.9 Å². The van der Waals surface area contributed by atoms with Gasteiger partial charge in [0, 0.05) is 6.42 Å². The summed E-state index contributed by atoms with van der Waals surface area (Å²) in [5, 5.41) is 0. The smallest absolute Gasteiger partial charge is 0.134 e. The molecule has 0 atom stereocenters. The summed E-state index contributed by atoms with van der Waals surface area (Å²) in [5.41, 5.74) is 0. The summed E-state index contributed by atoms with van der Waals surface area (Å²) in [6.07, 6.45) is 6.70. The molecule has 0 aromatic carbocycles. The van der Waals surface area contributed by atoms with E-state index in [-0.39, 0.29) is 0 Å². The highest BCUT2D eigenvalue weighted by Gasteiger charge is 2.02. The molecule has 1 nitrogen and oxygen atoms in total. The quantitative estimate of drug-likeness (QED) is 0.533. The Morgan fingerprint density at radius 2 is 2.38 bits per heavy atom. The van der Waals surface area contributed by atoms with Crippen molar-refractivity contribution >= 4 is 11.9 Å². The number of hydrogen-bond donors (Lipinski definition) is 0. The van der Waals surface area contributed by atoms with E-state index in [0.717, 1.165) is 18.6 Å². The first-order valence-electron chi connectivity index (χ1n) is 2.91. The highest BCUT2D eigenvalue weighted by Crippen LogP contribution is 2.18. The molecule has 0 aliphatic heterocycles. The Labute approximate surface area is 54.5 Å². The first-order chi connectivity index (χ1) is 3.93. The monoisotopic (exact) mass is 132 g/mol. The Morgan fingerprint density at radius 3 is 2.75 bits per heavy atom. The summed E-state index contributed by atoms with van der Waals surface area (Å²) < 4.78 is 4.52. The predicted molar refractivity (Wildman–Crippen MR) is 33.5 cm³/mol. The molecule has 0 heterocycles. The van der Waals surface area contributed by atoms with Crippen LogP contribution in [0.5, 0.6) is 0 Å². The van der Waals surface area contributed by atoms with Gasteiger partial charge in [-0.3, -0.25) is 0 Å². The fraction of sp³-hybridized carbons (Fsp3) is 0.667. The van der Waals surface area contributed by atoms with E-state index in [9.17, 15) is 0 Å². The molecule has 1 aliphatic carbocycles. The molecule has 0 radical (unpaired) electrons. The van der Waals surface area contributed by atoms with E-state index in [2.05, 4.69) is 10.4 Å². The lowest BCUT2D eigenvalue weighted by Gasteiger charge is -2.07. The molecule has 0 aromatic heterocycles. The number of halogens is 1. The summed E-state index contributed by atoms with van der Waals surface area (Å²) in [5.74, 6) is 0.943. The van der Waals surface area contributed by atoms with Gasteiger partial charge in [0.15, 0.2) is 0 Å². The van der Waals surface area contributed by atoms with Crippen LogP contribution in [0.4, 0.5) is 0 Å². The van der Waals surface area contributed by atoms with E-state index in [1.54, 1.807) is 0 Å². The van der Waals surface area contributed by atoms with Crippen LogP contribution in [-0.4, -0.2) is 0 Å². The van der Waals surface area contributed by atoms with Gasteiger partial charge in [-0.1, -0.05) is 0 Å². The fourth-order valence-corrected chi connectivity index (χ4v) is 1.02. The number of rotatable bonds is 1. The van der Waals surface area contributed by atoms with Gasteiger partial charge in [-0.2, -0.15) is 0 Å². The number of allylic oxidation sites excluding steroid dienone is 2. The normalized spacial score (nSPS) is 19.9. The molecular weight excluding hydrogens is 124 g/mol. The lowest BCUT2D eigenvalue weighted by molar-refractivity contribution is 0.419. The van der Waals surface area contributed by atoms with Crippen molar-refractivity contribution in [1.29, 1.82) is 0 Å². The van der Waals surface area contributed by atoms with Crippen LogP contribution in [0.25, 0.3) is 0 Å². The minimum atomic E-state index is 0.943. The van der Waals surface area contributed by atoms with Crippen molar-refractivity contribution in [2.75, 3.05) is 0 Å². The Bertz CT molecular complexity index is 98.7. The molecule has 8 heavy (non-hydrogen) atoms. The lowest BCUT2D eigenvalue weighted by Crippen LogP contribution is -1.89. The summed E-state index contributed by atoms with van der Waals surface area (Å²) in [6, 6.07) is 0. The first kappa shape index (κ1) is 5.96. The van der Waals surface area contributed by atoms with Crippen molar-refractivity contribution in [3.8, 4) is 0 Å². The summed E-state index contributed by atoms with van der Waals surface area (Å²) in [4.78, 5) is 0. The van der Waals surface area contributed by atoms with Crippen molar-refractivity contribution in [3.05, 3.63) is 11.8 Å². The SMILES string of the molecule is ClOC1=CCCCC1. The van der Waals surface area contributed by atoms with Gasteiger partial charge in [0.05, 0.1) is 0 Å². The molecule has 0 bridgehead atoms. The van der Waals surface area contributed by atoms with E-state index in [1.165, 1.54) is 12.8 Å². The minimum Gasteiger partial charge on any atom is -0.391 e. The highest BCUT2D eigenvalue weighted by molar-refractivity contribution is 6.08. The molecule has 2 heteroatoms. The average molecular weight is 133 g/mol. The van der Waals surface area contributed by atoms with E-state index < -0.39 is 0 Å². The highest BCUT2D eigenvalue weighted by atomic mass is 35.5. The minimum absolute atomic E-state index is 0.943. The second kappa shape index (κ2) is 2.98. The maximum Gasteiger partial charge on any atom is 0.134 e. The van der Waals surface area contributed by atoms with Crippen molar-refractivity contribution in [3.63, 3.8) is 0 Å². The van der Waals surface area contributed by atoms with Crippen molar-refractivity contribution in [2.45, 2.75) is 25.7 Å². The van der Waals surface area contributed by atoms with Gasteiger partial charge in [-0.25, -0.2) is 0 Å². The third kappa shape index (κ3) is 1.41. The maximum absolute atomic E-state index is 5.11. The molecule has 0 unspecified atom stereocenters. The van der Waals surface area contributed by atoms with Crippen LogP contribution in [0.1, 0.15) is 25.7 Å². The van der Waals surface area contributed by atoms with Crippen LogP contribution in [-0.2, 0) is 4.29 Å². The van der Waals surface area contributed by atoms with Crippen LogP contribution in [0, 0.1) is 0 Å². The molecule has 0 N–H and O–H groups in total. The summed E-state index contributed by atoms with van der Waals surface area (Å²) in [7, 11) is 0. The van der Waals surface area contributed by atoms with Crippen LogP contribution < -0.4 is 0 Å². The molecule has 0 aromatic rings. The van der Waals surface area contributed by atoms with Crippen molar-refractivity contribution < 1.29 is 4.29 Å². The van der Waals surface area contributed by atoms with Gasteiger partial charge in [0.25, 0.3) is 0 Å². The van der Waals surface area contributed by atoms with E-state index in [1.807, 2.05) is 0 Å². The molecule has 0 saturated heterocycles. The van der Waals surface area contributed by atoms with Gasteiger partial charge in [0.2, 0.25) is 0 Å². The fourth-order valence-electron chi connectivity index (χ4n) is 0.879. The zero-order valence-electron chi connectivity index (χ0n) is 4.69. The van der Waals surface area contributed by atoms with Gasteiger partial charge < -0.3 is 4.29 Å². The summed E-state index contributed by atoms with van der Waals surface area (Å²) >= 11 is 5.11. The topological polar surface area (TPSA) is 9.23 Å². The van der Waals surface area contributed by atoms with Gasteiger partial charge >= 0.3 is 0 Å². The molecule has 0 spiro atoms. The predicted octanol–water partition coefficient (Wildman–Crippen LogP) is 2.61. The zero-order chi connectivity index (χ0) is 5.82. The van der Waals surface area contributed by atoms with Crippen LogP contribution in [0.15, 0.2) is 11.8 Å². The van der Waals surface area contributed by atoms with Crippen LogP contribution in [0.3, 0.4) is 0 Å². The Balaban J connectivity index is 2.37. The van der Waals surface area contributed by atoms with Crippen molar-refractivity contribution in [1.82, 2.24) is 0 Å². The second-order valence-corrected chi connectivity index (χ2v) is 2.15. The number of hydrogen-bond acceptors (Lipinski definition) is 1. The molecule has 0 fully saturated rings. The van der Waals surface area contributed by atoms with E-state index >= 15 is 0 Å². The van der Waals surface area contributed by atoms with Gasteiger partial charge in [-0.15, -0.1) is 0 Å². The van der Waals surface area contributed by atoms with E-state index in [0.29, 0.717) is 0 Å². The third-order valence-corrected chi connectivity index (χ3v) is 1.55. The van der Waals surface area contributed by atoms with Crippen molar-refractivity contribution in [2.24, 2.45) is 0 Å². The maximum atomic E-state index is 5.11. The largest absolute Gasteiger partial charge is 0.391 e. The molecule has 1 rings (SSSR count). The lowest BCUT2D eigenvalue weighted by atomic mass is 10.1. The molecule has 0 saturated carbocycles. The van der Waals surface area contributed by atoms with E-state index in [4.69, 9.17) is 11.9 Å². The first-order valence-corrected chi connectivity index (χ1v) is 3.22. The standard InChI is InChI=1S/C6H9ClO/c7-8-6-4-2-1-3-5-6/h4H,1-3,5H2. The average Bonchev–Trinajstić information content (AvgIpc) is 1.90. The Hall–Kier alpha value is -0.170. The Morgan fingerprint density at radius 1 is 1.50 bits per heavy atom. The third-order valence-electron chi connectivity index (χ3n) is 1.35. The van der Waals surface area contributed by atoms with Crippen LogP contribution in [0.2, 0.25) is 0 Å². The Kier molecular flexibility index (Phi) is 2.22. The van der Waals surface area contributed by atoms with Gasteiger partial charge in [0.1, 0.15) is 17.6 Å². The molecular formula is C6H9ClO. The molecule has 46 valence electrons. The van der Waals surface area contributed by atoms with Gasteiger partial charge in [-0.05, 0) is 25.3 Å². The summed E-state index contributed by atoms with van der Waals surface area (Å²) in [6.45, 7) is 0. The zero-order valence-corrected chi connectivity index (χ0v) is 5.45.